The second kappa shape index (κ2) is 8.51. The van der Waals surface area contributed by atoms with Crippen LogP contribution in [-0.4, -0.2) is 24.8 Å². The lowest BCUT2D eigenvalue weighted by molar-refractivity contribution is -0.171. The molecular weight excluding hydrogens is 216 g/mol. The predicted molar refractivity (Wildman–Crippen MR) is 70.0 cm³/mol. The molecule has 0 amide bonds. The first-order valence-corrected chi connectivity index (χ1v) is 6.70. The van der Waals surface area contributed by atoms with Gasteiger partial charge in [-0.05, 0) is 27.2 Å². The highest BCUT2D eigenvalue weighted by Gasteiger charge is 2.31. The molecule has 0 radical (unpaired) electrons. The van der Waals surface area contributed by atoms with Crippen LogP contribution in [0.25, 0.3) is 0 Å². The van der Waals surface area contributed by atoms with Crippen molar-refractivity contribution in [2.24, 2.45) is 0 Å². The highest BCUT2D eigenvalue weighted by molar-refractivity contribution is 5.78. The summed E-state index contributed by atoms with van der Waals surface area (Å²) in [5, 5.41) is 0. The molecule has 0 saturated carbocycles. The molecule has 17 heavy (non-hydrogen) atoms. The second-order valence-electron chi connectivity index (χ2n) is 5.13. The first kappa shape index (κ1) is 16.4. The van der Waals surface area contributed by atoms with Crippen molar-refractivity contribution in [1.82, 2.24) is 0 Å². The summed E-state index contributed by atoms with van der Waals surface area (Å²) < 4.78 is 10.4. The Morgan fingerprint density at radius 1 is 1.18 bits per heavy atom. The van der Waals surface area contributed by atoms with Crippen LogP contribution < -0.4 is 0 Å². The van der Waals surface area contributed by atoms with Crippen molar-refractivity contribution >= 4 is 5.97 Å². The summed E-state index contributed by atoms with van der Waals surface area (Å²) in [4.78, 5) is 11.4. The van der Waals surface area contributed by atoms with Gasteiger partial charge < -0.3 is 9.47 Å². The van der Waals surface area contributed by atoms with Crippen molar-refractivity contribution in [2.75, 3.05) is 7.11 Å². The molecule has 0 N–H and O–H groups in total. The van der Waals surface area contributed by atoms with Gasteiger partial charge in [0.15, 0.2) is 5.60 Å². The maximum absolute atomic E-state index is 11.4. The maximum atomic E-state index is 11.4. The Kier molecular flexibility index (Phi) is 8.23. The number of esters is 1. The Labute approximate surface area is 106 Å². The first-order chi connectivity index (χ1) is 7.94. The monoisotopic (exact) mass is 244 g/mol. The Hall–Kier alpha value is -0.570. The third-order valence-electron chi connectivity index (χ3n) is 2.89. The number of carbonyl (C=O) groups excluding carboxylic acids is 1. The van der Waals surface area contributed by atoms with Gasteiger partial charge in [0.05, 0.1) is 13.2 Å². The molecule has 0 aromatic heterocycles. The summed E-state index contributed by atoms with van der Waals surface area (Å²) in [6.45, 7) is 7.74. The largest absolute Gasteiger partial charge is 0.467 e. The average molecular weight is 244 g/mol. The van der Waals surface area contributed by atoms with Crippen LogP contribution in [0.5, 0.6) is 0 Å². The minimum Gasteiger partial charge on any atom is -0.467 e. The lowest BCUT2D eigenvalue weighted by Gasteiger charge is -2.26. The van der Waals surface area contributed by atoms with Gasteiger partial charge in [0.1, 0.15) is 0 Å². The van der Waals surface area contributed by atoms with Gasteiger partial charge in [0, 0.05) is 0 Å². The molecule has 0 aliphatic carbocycles. The summed E-state index contributed by atoms with van der Waals surface area (Å²) in [5.74, 6) is -0.310. The third kappa shape index (κ3) is 7.37. The van der Waals surface area contributed by atoms with Gasteiger partial charge in [-0.25, -0.2) is 4.79 Å². The van der Waals surface area contributed by atoms with Crippen molar-refractivity contribution in [3.8, 4) is 0 Å². The van der Waals surface area contributed by atoms with Gasteiger partial charge in [0.2, 0.25) is 0 Å². The van der Waals surface area contributed by atoms with Gasteiger partial charge in [-0.3, -0.25) is 0 Å². The van der Waals surface area contributed by atoms with Crippen LogP contribution in [0.1, 0.15) is 66.2 Å². The van der Waals surface area contributed by atoms with E-state index in [1.165, 1.54) is 39.2 Å². The number of hydrogen-bond acceptors (Lipinski definition) is 3. The molecule has 0 aliphatic heterocycles. The zero-order valence-corrected chi connectivity index (χ0v) is 12.0. The zero-order chi connectivity index (χ0) is 13.3. The Morgan fingerprint density at radius 2 is 1.76 bits per heavy atom. The van der Waals surface area contributed by atoms with Gasteiger partial charge in [-0.2, -0.15) is 0 Å². The average Bonchev–Trinajstić information content (AvgIpc) is 2.27. The molecule has 102 valence electrons. The van der Waals surface area contributed by atoms with Crippen molar-refractivity contribution in [3.63, 3.8) is 0 Å². The lowest BCUT2D eigenvalue weighted by atomic mass is 10.1. The van der Waals surface area contributed by atoms with Gasteiger partial charge in [0.25, 0.3) is 0 Å². The van der Waals surface area contributed by atoms with E-state index in [0.717, 1.165) is 6.42 Å². The van der Waals surface area contributed by atoms with Gasteiger partial charge >= 0.3 is 5.97 Å². The molecule has 1 unspecified atom stereocenters. The number of ether oxygens (including phenoxy) is 2. The Morgan fingerprint density at radius 3 is 2.29 bits per heavy atom. The smallest absolute Gasteiger partial charge is 0.337 e. The van der Waals surface area contributed by atoms with Crippen molar-refractivity contribution in [3.05, 3.63) is 0 Å². The van der Waals surface area contributed by atoms with Crippen LogP contribution >= 0.6 is 0 Å². The summed E-state index contributed by atoms with van der Waals surface area (Å²) in [7, 11) is 1.39. The molecule has 0 spiro atoms. The van der Waals surface area contributed by atoms with Crippen LogP contribution in [0, 0.1) is 0 Å². The van der Waals surface area contributed by atoms with Crippen molar-refractivity contribution in [1.29, 1.82) is 0 Å². The number of hydrogen-bond donors (Lipinski definition) is 0. The highest BCUT2D eigenvalue weighted by Crippen LogP contribution is 2.18. The van der Waals surface area contributed by atoms with Crippen LogP contribution in [0.4, 0.5) is 0 Å². The summed E-state index contributed by atoms with van der Waals surface area (Å²) in [5.41, 5.74) is -0.836. The summed E-state index contributed by atoms with van der Waals surface area (Å²) in [6, 6.07) is 0. The molecule has 3 nitrogen and oxygen atoms in total. The van der Waals surface area contributed by atoms with Crippen LogP contribution in [-0.2, 0) is 14.3 Å². The van der Waals surface area contributed by atoms with Crippen LogP contribution in [0.2, 0.25) is 0 Å². The third-order valence-corrected chi connectivity index (χ3v) is 2.89. The van der Waals surface area contributed by atoms with E-state index < -0.39 is 5.60 Å². The Balaban J connectivity index is 3.77. The SMILES string of the molecule is CCCCCCCC(C)OC(C)(C)C(=O)OC. The molecule has 0 bridgehead atoms. The first-order valence-electron chi connectivity index (χ1n) is 6.70. The van der Waals surface area contributed by atoms with Crippen LogP contribution in [0.15, 0.2) is 0 Å². The highest BCUT2D eigenvalue weighted by atomic mass is 16.6. The van der Waals surface area contributed by atoms with E-state index in [9.17, 15) is 4.79 Å². The van der Waals surface area contributed by atoms with E-state index in [4.69, 9.17) is 9.47 Å². The van der Waals surface area contributed by atoms with E-state index in [1.54, 1.807) is 13.8 Å². The van der Waals surface area contributed by atoms with E-state index in [0.29, 0.717) is 0 Å². The molecule has 0 aromatic rings. The summed E-state index contributed by atoms with van der Waals surface area (Å²) in [6.07, 6.45) is 7.39. The second-order valence-corrected chi connectivity index (χ2v) is 5.13. The van der Waals surface area contributed by atoms with E-state index in [-0.39, 0.29) is 12.1 Å². The zero-order valence-electron chi connectivity index (χ0n) is 12.0. The molecule has 0 heterocycles. The van der Waals surface area contributed by atoms with Crippen LogP contribution in [0.3, 0.4) is 0 Å². The fourth-order valence-corrected chi connectivity index (χ4v) is 1.89. The number of rotatable bonds is 9. The fraction of sp³-hybridized carbons (Fsp3) is 0.929. The van der Waals surface area contributed by atoms with Gasteiger partial charge in [-0.1, -0.05) is 39.0 Å². The Bertz CT molecular complexity index is 212. The number of methoxy groups -OCH3 is 1. The quantitative estimate of drug-likeness (QED) is 0.458. The molecule has 0 aromatic carbocycles. The molecule has 1 atom stereocenters. The molecule has 0 aliphatic rings. The maximum Gasteiger partial charge on any atom is 0.337 e. The molecule has 0 fully saturated rings. The fourth-order valence-electron chi connectivity index (χ4n) is 1.89. The van der Waals surface area contributed by atoms with E-state index in [2.05, 4.69) is 6.92 Å². The minimum atomic E-state index is -0.836. The standard InChI is InChI=1S/C14H28O3/c1-6-7-8-9-10-11-12(2)17-14(3,4)13(15)16-5/h12H,6-11H2,1-5H3. The topological polar surface area (TPSA) is 35.5 Å². The van der Waals surface area contributed by atoms with Gasteiger partial charge in [-0.15, -0.1) is 0 Å². The number of unbranched alkanes of at least 4 members (excludes halogenated alkanes) is 4. The normalized spacial score (nSPS) is 13.5. The van der Waals surface area contributed by atoms with Crippen molar-refractivity contribution < 1.29 is 14.3 Å². The lowest BCUT2D eigenvalue weighted by Crippen LogP contribution is -2.38. The van der Waals surface area contributed by atoms with E-state index >= 15 is 0 Å². The summed E-state index contributed by atoms with van der Waals surface area (Å²) >= 11 is 0. The molecule has 0 rings (SSSR count). The molecule has 3 heteroatoms. The molecular formula is C14H28O3. The van der Waals surface area contributed by atoms with Crippen molar-refractivity contribution in [2.45, 2.75) is 77.9 Å². The number of carbonyl (C=O) groups is 1. The predicted octanol–water partition coefficient (Wildman–Crippen LogP) is 3.70. The minimum absolute atomic E-state index is 0.103. The van der Waals surface area contributed by atoms with E-state index in [1.807, 2.05) is 6.92 Å². The molecule has 0 saturated heterocycles.